The Morgan fingerprint density at radius 2 is 1.66 bits per heavy atom. The zero-order valence-corrected chi connectivity index (χ0v) is 20.5. The van der Waals surface area contributed by atoms with Crippen LogP contribution in [0.5, 0.6) is 0 Å². The first-order valence-electron chi connectivity index (χ1n) is 12.2. The minimum atomic E-state index is -1.52. The van der Waals surface area contributed by atoms with E-state index in [0.717, 1.165) is 6.08 Å². The molecule has 4 fully saturated rings. The number of carbonyl (C=O) groups is 4. The Morgan fingerprint density at radius 3 is 2.31 bits per heavy atom. The Bertz CT molecular complexity index is 1150. The van der Waals surface area contributed by atoms with E-state index >= 15 is 0 Å². The zero-order chi connectivity index (χ0) is 25.3. The van der Waals surface area contributed by atoms with E-state index in [1.54, 1.807) is 0 Å². The van der Waals surface area contributed by atoms with Crippen LogP contribution >= 0.6 is 0 Å². The SMILES string of the molecule is CC1(C)OC(=O)C=C[C@]2(C)[C@H]3CC[C@@]4(C)[C@H](C5=CC(=O)O[C@H]5O)OC(=O)[C@H]5O[C@]54[C@]3(C)C(=O)C[C@@H]12. The van der Waals surface area contributed by atoms with Gasteiger partial charge in [-0.1, -0.05) is 19.9 Å². The molecule has 0 radical (unpaired) electrons. The molecule has 35 heavy (non-hydrogen) atoms. The molecule has 4 aliphatic heterocycles. The highest BCUT2D eigenvalue weighted by Crippen LogP contribution is 2.77. The van der Waals surface area contributed by atoms with Crippen molar-refractivity contribution in [2.45, 2.75) is 83.6 Å². The average molecular weight is 487 g/mol. The number of ether oxygens (including phenoxy) is 4. The molecule has 9 heteroatoms. The minimum Gasteiger partial charge on any atom is -0.456 e. The lowest BCUT2D eigenvalue weighted by molar-refractivity contribution is -0.212. The third kappa shape index (κ3) is 2.46. The minimum absolute atomic E-state index is 0.0421. The van der Waals surface area contributed by atoms with Crippen LogP contribution in [-0.2, 0) is 38.1 Å². The first-order valence-corrected chi connectivity index (χ1v) is 12.2. The predicted octanol–water partition coefficient (Wildman–Crippen LogP) is 1.76. The molecule has 1 N–H and O–H groups in total. The maximum Gasteiger partial charge on any atom is 0.339 e. The fourth-order valence-corrected chi connectivity index (χ4v) is 8.69. The molecule has 0 amide bonds. The van der Waals surface area contributed by atoms with Crippen molar-refractivity contribution >= 4 is 23.7 Å². The summed E-state index contributed by atoms with van der Waals surface area (Å²) in [5.41, 5.74) is -4.40. The topological polar surface area (TPSA) is 129 Å². The van der Waals surface area contributed by atoms with Crippen LogP contribution in [0.25, 0.3) is 0 Å². The summed E-state index contributed by atoms with van der Waals surface area (Å²) in [6.07, 6.45) is 2.35. The van der Waals surface area contributed by atoms with Crippen LogP contribution in [0.2, 0.25) is 0 Å². The summed E-state index contributed by atoms with van der Waals surface area (Å²) in [6.45, 7) is 9.54. The third-order valence-electron chi connectivity index (χ3n) is 10.3. The number of hydrogen-bond donors (Lipinski definition) is 1. The highest BCUT2D eigenvalue weighted by atomic mass is 16.7. The standard InChI is InChI=1S/C26H30O9/c1-22(2)14-11-15(27)25(5)13(23(14,3)8-7-16(28)34-22)6-9-24(4)18(12-10-17(29)32-20(12)30)33-21(31)19-26(24,25)35-19/h7-8,10,13-14,18-20,30H,6,9,11H2,1-5H3/t13-,14+,18+,19-,20-,23-,24+,25+,26-/m1/s1. The smallest absolute Gasteiger partial charge is 0.339 e. The first kappa shape index (κ1) is 22.9. The van der Waals surface area contributed by atoms with Crippen LogP contribution < -0.4 is 0 Å². The Kier molecular flexibility index (Phi) is 4.20. The molecule has 2 saturated carbocycles. The maximum atomic E-state index is 14.2. The Labute approximate surface area is 202 Å². The van der Waals surface area contributed by atoms with Gasteiger partial charge in [0, 0.05) is 35.5 Å². The molecule has 6 aliphatic rings. The Morgan fingerprint density at radius 1 is 0.943 bits per heavy atom. The first-order chi connectivity index (χ1) is 16.2. The van der Waals surface area contributed by atoms with E-state index in [-0.39, 0.29) is 29.6 Å². The van der Waals surface area contributed by atoms with Gasteiger partial charge in [0.05, 0.1) is 5.41 Å². The van der Waals surface area contributed by atoms with E-state index < -0.39 is 63.9 Å². The molecule has 6 rings (SSSR count). The van der Waals surface area contributed by atoms with Gasteiger partial charge in [-0.15, -0.1) is 0 Å². The van der Waals surface area contributed by atoms with Crippen LogP contribution in [0.15, 0.2) is 23.8 Å². The third-order valence-corrected chi connectivity index (χ3v) is 10.3. The zero-order valence-electron chi connectivity index (χ0n) is 20.5. The number of epoxide rings is 1. The average Bonchev–Trinajstić information content (AvgIpc) is 3.47. The van der Waals surface area contributed by atoms with Crippen LogP contribution in [-0.4, -0.2) is 58.5 Å². The monoisotopic (exact) mass is 486 g/mol. The lowest BCUT2D eigenvalue weighted by Crippen LogP contribution is -2.72. The number of carbonyl (C=O) groups excluding carboxylic acids is 4. The Hall–Kier alpha value is -2.52. The quantitative estimate of drug-likeness (QED) is 0.335. The second kappa shape index (κ2) is 6.42. The molecule has 0 aromatic heterocycles. The summed E-state index contributed by atoms with van der Waals surface area (Å²) < 4.78 is 22.6. The molecule has 188 valence electrons. The van der Waals surface area contributed by atoms with Gasteiger partial charge in [-0.3, -0.25) is 4.79 Å². The summed E-state index contributed by atoms with van der Waals surface area (Å²) in [5, 5.41) is 10.4. The van der Waals surface area contributed by atoms with Gasteiger partial charge in [-0.25, -0.2) is 14.4 Å². The summed E-state index contributed by atoms with van der Waals surface area (Å²) in [6, 6.07) is 0. The number of ketones is 1. The van der Waals surface area contributed by atoms with E-state index in [1.165, 1.54) is 6.08 Å². The highest BCUT2D eigenvalue weighted by molar-refractivity contribution is 5.94. The van der Waals surface area contributed by atoms with Gasteiger partial charge in [-0.05, 0) is 44.9 Å². The van der Waals surface area contributed by atoms with Crippen molar-refractivity contribution in [1.29, 1.82) is 0 Å². The summed E-state index contributed by atoms with van der Waals surface area (Å²) >= 11 is 0. The van der Waals surface area contributed by atoms with Crippen LogP contribution in [0.1, 0.15) is 53.9 Å². The van der Waals surface area contributed by atoms with E-state index in [9.17, 15) is 24.3 Å². The molecule has 0 unspecified atom stereocenters. The molecule has 2 aliphatic carbocycles. The van der Waals surface area contributed by atoms with Crippen LogP contribution in [0, 0.1) is 28.1 Å². The van der Waals surface area contributed by atoms with Gasteiger partial charge in [0.2, 0.25) is 6.29 Å². The number of aliphatic hydroxyl groups is 1. The van der Waals surface area contributed by atoms with Crippen molar-refractivity contribution in [3.8, 4) is 0 Å². The Balaban J connectivity index is 1.51. The second-order valence-corrected chi connectivity index (χ2v) is 12.1. The van der Waals surface area contributed by atoms with Gasteiger partial charge in [0.1, 0.15) is 23.1 Å². The molecule has 2 saturated heterocycles. The largest absolute Gasteiger partial charge is 0.456 e. The number of esters is 3. The van der Waals surface area contributed by atoms with Crippen molar-refractivity contribution in [2.75, 3.05) is 0 Å². The van der Waals surface area contributed by atoms with Gasteiger partial charge in [0.25, 0.3) is 0 Å². The van der Waals surface area contributed by atoms with Gasteiger partial charge >= 0.3 is 17.9 Å². The van der Waals surface area contributed by atoms with Crippen molar-refractivity contribution in [3.05, 3.63) is 23.8 Å². The number of allylic oxidation sites excluding steroid dienone is 1. The van der Waals surface area contributed by atoms with E-state index in [2.05, 4.69) is 6.92 Å². The molecule has 0 aromatic carbocycles. The molecule has 9 nitrogen and oxygen atoms in total. The molecular formula is C26H30O9. The van der Waals surface area contributed by atoms with Crippen LogP contribution in [0.3, 0.4) is 0 Å². The summed E-state index contributed by atoms with van der Waals surface area (Å²) in [5.74, 6) is -2.29. The van der Waals surface area contributed by atoms with Gasteiger partial charge < -0.3 is 24.1 Å². The molecule has 1 spiro atoms. The molecular weight excluding hydrogens is 456 g/mol. The predicted molar refractivity (Wildman–Crippen MR) is 117 cm³/mol. The molecule has 0 aromatic rings. The van der Waals surface area contributed by atoms with Crippen molar-refractivity contribution in [2.24, 2.45) is 28.1 Å². The molecule has 9 atom stereocenters. The molecule has 0 bridgehead atoms. The van der Waals surface area contributed by atoms with Crippen molar-refractivity contribution in [3.63, 3.8) is 0 Å². The number of fused-ring (bicyclic) bond motifs is 3. The number of hydrogen-bond acceptors (Lipinski definition) is 9. The van der Waals surface area contributed by atoms with Gasteiger partial charge in [-0.2, -0.15) is 0 Å². The van der Waals surface area contributed by atoms with Crippen molar-refractivity contribution < 1.29 is 43.2 Å². The van der Waals surface area contributed by atoms with E-state index in [0.29, 0.717) is 12.8 Å². The second-order valence-electron chi connectivity index (χ2n) is 12.1. The molecule has 4 heterocycles. The maximum absolute atomic E-state index is 14.2. The highest BCUT2D eigenvalue weighted by Gasteiger charge is 2.88. The fourth-order valence-electron chi connectivity index (χ4n) is 8.69. The number of cyclic esters (lactones) is 3. The van der Waals surface area contributed by atoms with E-state index in [4.69, 9.17) is 18.9 Å². The number of Topliss-reactive ketones (excluding diaryl/α,β-unsaturated/α-hetero) is 1. The van der Waals surface area contributed by atoms with Crippen molar-refractivity contribution in [1.82, 2.24) is 0 Å². The lowest BCUT2D eigenvalue weighted by atomic mass is 9.37. The summed E-state index contributed by atoms with van der Waals surface area (Å²) in [7, 11) is 0. The lowest BCUT2D eigenvalue weighted by Gasteiger charge is -2.65. The van der Waals surface area contributed by atoms with Crippen LogP contribution in [0.4, 0.5) is 0 Å². The van der Waals surface area contributed by atoms with E-state index in [1.807, 2.05) is 33.8 Å². The van der Waals surface area contributed by atoms with Gasteiger partial charge in [0.15, 0.2) is 6.10 Å². The normalized spacial score (nSPS) is 51.5. The fraction of sp³-hybridized carbons (Fsp3) is 0.692. The summed E-state index contributed by atoms with van der Waals surface area (Å²) in [4.78, 5) is 51.5. The number of aliphatic hydroxyl groups excluding tert-OH is 1. The number of rotatable bonds is 1.